The summed E-state index contributed by atoms with van der Waals surface area (Å²) in [5.74, 6) is 0. The molecule has 0 bridgehead atoms. The van der Waals surface area contributed by atoms with E-state index in [1.807, 2.05) is 46.9 Å². The quantitative estimate of drug-likeness (QED) is 0.778. The molecule has 1 aliphatic rings. The van der Waals surface area contributed by atoms with Crippen LogP contribution in [0.1, 0.15) is 40.2 Å². The summed E-state index contributed by atoms with van der Waals surface area (Å²) in [6.45, 7) is 11.4. The predicted molar refractivity (Wildman–Crippen MR) is 75.3 cm³/mol. The molecule has 1 aromatic rings. The zero-order valence-corrected chi connectivity index (χ0v) is 12.4. The van der Waals surface area contributed by atoms with Crippen LogP contribution in [0.25, 0.3) is 0 Å². The van der Waals surface area contributed by atoms with E-state index in [2.05, 4.69) is 4.98 Å². The standard InChI is InChI=1S/C14H22BNO3/c1-6-17-10-11-7-12(9-16-8-11)15-18-13(2,3)14(4,5)19-15/h7-9H,6,10H2,1-5H3. The molecular weight excluding hydrogens is 241 g/mol. The Kier molecular flexibility index (Phi) is 3.99. The summed E-state index contributed by atoms with van der Waals surface area (Å²) in [6.07, 6.45) is 3.60. The lowest BCUT2D eigenvalue weighted by Crippen LogP contribution is -2.41. The molecule has 0 N–H and O–H groups in total. The highest BCUT2D eigenvalue weighted by Gasteiger charge is 2.51. The van der Waals surface area contributed by atoms with Gasteiger partial charge < -0.3 is 14.0 Å². The molecule has 0 aliphatic carbocycles. The van der Waals surface area contributed by atoms with Crippen LogP contribution in [-0.4, -0.2) is 29.9 Å². The van der Waals surface area contributed by atoms with E-state index < -0.39 is 0 Å². The van der Waals surface area contributed by atoms with Crippen molar-refractivity contribution in [2.75, 3.05) is 6.61 Å². The summed E-state index contributed by atoms with van der Waals surface area (Å²) in [7, 11) is -0.362. The van der Waals surface area contributed by atoms with Gasteiger partial charge in [-0.05, 0) is 40.2 Å². The van der Waals surface area contributed by atoms with Gasteiger partial charge in [-0.15, -0.1) is 0 Å². The molecule has 0 spiro atoms. The summed E-state index contributed by atoms with van der Waals surface area (Å²) in [5, 5.41) is 0. The largest absolute Gasteiger partial charge is 0.496 e. The minimum Gasteiger partial charge on any atom is -0.399 e. The van der Waals surface area contributed by atoms with Crippen molar-refractivity contribution in [3.63, 3.8) is 0 Å². The van der Waals surface area contributed by atoms with Gasteiger partial charge in [-0.2, -0.15) is 0 Å². The van der Waals surface area contributed by atoms with Crippen molar-refractivity contribution in [1.82, 2.24) is 4.98 Å². The lowest BCUT2D eigenvalue weighted by molar-refractivity contribution is 0.00578. The van der Waals surface area contributed by atoms with Crippen molar-refractivity contribution < 1.29 is 14.0 Å². The Hall–Kier alpha value is -0.905. The van der Waals surface area contributed by atoms with E-state index in [0.29, 0.717) is 13.2 Å². The number of hydrogen-bond acceptors (Lipinski definition) is 4. The Morgan fingerprint density at radius 1 is 1.16 bits per heavy atom. The fraction of sp³-hybridized carbons (Fsp3) is 0.643. The van der Waals surface area contributed by atoms with E-state index in [0.717, 1.165) is 11.0 Å². The normalized spacial score (nSPS) is 20.8. The predicted octanol–water partition coefficient (Wildman–Crippen LogP) is 1.92. The monoisotopic (exact) mass is 263 g/mol. The van der Waals surface area contributed by atoms with Gasteiger partial charge in [-0.25, -0.2) is 0 Å². The Balaban J connectivity index is 2.15. The Bertz CT molecular complexity index is 432. The van der Waals surface area contributed by atoms with Crippen molar-refractivity contribution in [2.45, 2.75) is 52.4 Å². The lowest BCUT2D eigenvalue weighted by atomic mass is 9.80. The Morgan fingerprint density at radius 3 is 2.37 bits per heavy atom. The molecule has 2 heterocycles. The molecule has 0 unspecified atom stereocenters. The van der Waals surface area contributed by atoms with E-state index in [9.17, 15) is 0 Å². The van der Waals surface area contributed by atoms with Crippen LogP contribution >= 0.6 is 0 Å². The molecule has 4 nitrogen and oxygen atoms in total. The van der Waals surface area contributed by atoms with Crippen LogP contribution in [0.2, 0.25) is 0 Å². The first-order chi connectivity index (χ1) is 8.86. The SMILES string of the molecule is CCOCc1cncc(B2OC(C)(C)C(C)(C)O2)c1. The van der Waals surface area contributed by atoms with Crippen molar-refractivity contribution >= 4 is 12.6 Å². The zero-order chi connectivity index (χ0) is 14.1. The van der Waals surface area contributed by atoms with Crippen molar-refractivity contribution in [3.05, 3.63) is 24.0 Å². The third-order valence-corrected chi connectivity index (χ3v) is 3.81. The number of aromatic nitrogens is 1. The second kappa shape index (κ2) is 5.23. The first kappa shape index (κ1) is 14.5. The molecule has 0 atom stereocenters. The van der Waals surface area contributed by atoms with Crippen LogP contribution < -0.4 is 5.46 Å². The lowest BCUT2D eigenvalue weighted by Gasteiger charge is -2.32. The van der Waals surface area contributed by atoms with Crippen molar-refractivity contribution in [1.29, 1.82) is 0 Å². The smallest absolute Gasteiger partial charge is 0.399 e. The molecule has 0 saturated carbocycles. The minimum atomic E-state index is -0.362. The summed E-state index contributed by atoms with van der Waals surface area (Å²) >= 11 is 0. The fourth-order valence-electron chi connectivity index (χ4n) is 1.91. The number of hydrogen-bond donors (Lipinski definition) is 0. The second-order valence-electron chi connectivity index (χ2n) is 5.85. The van der Waals surface area contributed by atoms with Gasteiger partial charge in [0.15, 0.2) is 0 Å². The molecule has 0 amide bonds. The molecule has 0 radical (unpaired) electrons. The van der Waals surface area contributed by atoms with Gasteiger partial charge in [0.1, 0.15) is 0 Å². The van der Waals surface area contributed by atoms with Crippen molar-refractivity contribution in [3.8, 4) is 0 Å². The highest BCUT2D eigenvalue weighted by atomic mass is 16.7. The maximum Gasteiger partial charge on any atom is 0.496 e. The fourth-order valence-corrected chi connectivity index (χ4v) is 1.91. The third-order valence-electron chi connectivity index (χ3n) is 3.81. The summed E-state index contributed by atoms with van der Waals surface area (Å²) in [5.41, 5.74) is 1.33. The van der Waals surface area contributed by atoms with Crippen LogP contribution in [0.4, 0.5) is 0 Å². The molecule has 1 saturated heterocycles. The van der Waals surface area contributed by atoms with Crippen LogP contribution in [-0.2, 0) is 20.7 Å². The second-order valence-corrected chi connectivity index (χ2v) is 5.85. The van der Waals surface area contributed by atoms with E-state index in [1.54, 1.807) is 6.20 Å². The van der Waals surface area contributed by atoms with Crippen LogP contribution in [0.3, 0.4) is 0 Å². The molecular formula is C14H22BNO3. The van der Waals surface area contributed by atoms with E-state index in [1.165, 1.54) is 0 Å². The number of ether oxygens (including phenoxy) is 1. The van der Waals surface area contributed by atoms with Gasteiger partial charge in [-0.1, -0.05) is 6.07 Å². The average Bonchev–Trinajstić information content (AvgIpc) is 2.56. The topological polar surface area (TPSA) is 40.6 Å². The van der Waals surface area contributed by atoms with Crippen LogP contribution in [0.15, 0.2) is 18.5 Å². The molecule has 1 fully saturated rings. The maximum atomic E-state index is 6.01. The minimum absolute atomic E-state index is 0.326. The summed E-state index contributed by atoms with van der Waals surface area (Å²) in [4.78, 5) is 4.24. The van der Waals surface area contributed by atoms with E-state index >= 15 is 0 Å². The van der Waals surface area contributed by atoms with E-state index in [-0.39, 0.29) is 18.3 Å². The molecule has 1 aromatic heterocycles. The van der Waals surface area contributed by atoms with E-state index in [4.69, 9.17) is 14.0 Å². The first-order valence-electron chi connectivity index (χ1n) is 6.73. The van der Waals surface area contributed by atoms with Gasteiger partial charge in [0.2, 0.25) is 0 Å². The summed E-state index contributed by atoms with van der Waals surface area (Å²) < 4.78 is 17.4. The molecule has 19 heavy (non-hydrogen) atoms. The Morgan fingerprint density at radius 2 is 1.79 bits per heavy atom. The molecule has 2 rings (SSSR count). The highest BCUT2D eigenvalue weighted by Crippen LogP contribution is 2.36. The van der Waals surface area contributed by atoms with Gasteiger partial charge in [0.05, 0.1) is 17.8 Å². The average molecular weight is 263 g/mol. The van der Waals surface area contributed by atoms with Crippen LogP contribution in [0.5, 0.6) is 0 Å². The Labute approximate surface area is 115 Å². The van der Waals surface area contributed by atoms with Gasteiger partial charge in [0, 0.05) is 24.5 Å². The zero-order valence-electron chi connectivity index (χ0n) is 12.4. The van der Waals surface area contributed by atoms with Crippen molar-refractivity contribution in [2.24, 2.45) is 0 Å². The third kappa shape index (κ3) is 2.99. The number of rotatable bonds is 4. The summed E-state index contributed by atoms with van der Waals surface area (Å²) in [6, 6.07) is 2.03. The molecule has 1 aliphatic heterocycles. The van der Waals surface area contributed by atoms with Gasteiger partial charge in [-0.3, -0.25) is 4.98 Å². The van der Waals surface area contributed by atoms with Crippen LogP contribution in [0, 0.1) is 0 Å². The maximum absolute atomic E-state index is 6.01. The first-order valence-corrected chi connectivity index (χ1v) is 6.73. The van der Waals surface area contributed by atoms with Gasteiger partial charge in [0.25, 0.3) is 0 Å². The number of nitrogens with zero attached hydrogens (tertiary/aromatic N) is 1. The molecule has 5 heteroatoms. The van der Waals surface area contributed by atoms with Gasteiger partial charge >= 0.3 is 7.12 Å². The molecule has 0 aromatic carbocycles. The molecule has 104 valence electrons. The number of pyridine rings is 1. The highest BCUT2D eigenvalue weighted by molar-refractivity contribution is 6.62.